The predicted octanol–water partition coefficient (Wildman–Crippen LogP) is 4.70. The number of halogens is 1. The molecular formula is C14H15ClN4S2. The van der Waals surface area contributed by atoms with Crippen molar-refractivity contribution >= 4 is 50.6 Å². The van der Waals surface area contributed by atoms with Gasteiger partial charge in [-0.1, -0.05) is 24.9 Å². The Morgan fingerprint density at radius 3 is 3.10 bits per heavy atom. The molecule has 2 N–H and O–H groups in total. The summed E-state index contributed by atoms with van der Waals surface area (Å²) in [5.41, 5.74) is 2.35. The molecule has 0 aromatic carbocycles. The molecule has 0 spiro atoms. The van der Waals surface area contributed by atoms with Gasteiger partial charge >= 0.3 is 0 Å². The van der Waals surface area contributed by atoms with Gasteiger partial charge in [0.25, 0.3) is 0 Å². The molecule has 2 aromatic rings. The summed E-state index contributed by atoms with van der Waals surface area (Å²) in [6.45, 7) is 2.19. The second-order valence-electron chi connectivity index (χ2n) is 4.55. The van der Waals surface area contributed by atoms with Gasteiger partial charge in [0.1, 0.15) is 5.82 Å². The summed E-state index contributed by atoms with van der Waals surface area (Å²) in [6, 6.07) is 3.65. The quantitative estimate of drug-likeness (QED) is 0.827. The van der Waals surface area contributed by atoms with Crippen molar-refractivity contribution in [1.29, 1.82) is 0 Å². The van der Waals surface area contributed by atoms with Gasteiger partial charge in [-0.2, -0.15) is 0 Å². The van der Waals surface area contributed by atoms with Crippen LogP contribution in [-0.2, 0) is 0 Å². The van der Waals surface area contributed by atoms with Crippen LogP contribution in [0.25, 0.3) is 4.91 Å². The van der Waals surface area contributed by atoms with Crippen molar-refractivity contribution in [2.75, 3.05) is 11.2 Å². The molecule has 0 atom stereocenters. The fourth-order valence-corrected chi connectivity index (χ4v) is 3.92. The maximum atomic E-state index is 5.83. The minimum absolute atomic E-state index is 0.628. The SMILES string of the molecule is CCCC1=C(c2csc(Nc3ccc(Cl)cn3)n2)SCN1. The van der Waals surface area contributed by atoms with Crippen LogP contribution in [-0.4, -0.2) is 15.8 Å². The number of thioether (sulfide) groups is 1. The average Bonchev–Trinajstić information content (AvgIpc) is 3.11. The monoisotopic (exact) mass is 338 g/mol. The highest BCUT2D eigenvalue weighted by Gasteiger charge is 2.18. The van der Waals surface area contributed by atoms with Crippen LogP contribution >= 0.6 is 34.7 Å². The molecule has 3 rings (SSSR count). The molecule has 0 saturated heterocycles. The molecule has 0 amide bonds. The van der Waals surface area contributed by atoms with Gasteiger partial charge in [-0.3, -0.25) is 0 Å². The predicted molar refractivity (Wildman–Crippen MR) is 92.1 cm³/mol. The second-order valence-corrected chi connectivity index (χ2v) is 6.83. The molecule has 21 heavy (non-hydrogen) atoms. The van der Waals surface area contributed by atoms with E-state index < -0.39 is 0 Å². The molecular weight excluding hydrogens is 324 g/mol. The van der Waals surface area contributed by atoms with Crippen molar-refractivity contribution in [3.63, 3.8) is 0 Å². The van der Waals surface area contributed by atoms with Crippen LogP contribution < -0.4 is 10.6 Å². The van der Waals surface area contributed by atoms with E-state index in [2.05, 4.69) is 32.9 Å². The van der Waals surface area contributed by atoms with Gasteiger partial charge in [0, 0.05) is 17.3 Å². The Bertz CT molecular complexity index is 651. The Hall–Kier alpha value is -1.24. The molecule has 7 heteroatoms. The molecule has 1 aliphatic heterocycles. The van der Waals surface area contributed by atoms with Gasteiger partial charge in [0.15, 0.2) is 5.13 Å². The van der Waals surface area contributed by atoms with Crippen LogP contribution in [0.5, 0.6) is 0 Å². The van der Waals surface area contributed by atoms with Crippen molar-refractivity contribution in [3.8, 4) is 0 Å². The van der Waals surface area contributed by atoms with E-state index in [1.165, 1.54) is 10.6 Å². The van der Waals surface area contributed by atoms with Gasteiger partial charge in [0.2, 0.25) is 0 Å². The number of thiazole rings is 1. The van der Waals surface area contributed by atoms with Crippen LogP contribution in [0.3, 0.4) is 0 Å². The third-order valence-electron chi connectivity index (χ3n) is 2.98. The summed E-state index contributed by atoms with van der Waals surface area (Å²) in [4.78, 5) is 10.1. The van der Waals surface area contributed by atoms with E-state index in [0.29, 0.717) is 5.02 Å². The summed E-state index contributed by atoms with van der Waals surface area (Å²) in [7, 11) is 0. The lowest BCUT2D eigenvalue weighted by atomic mass is 10.2. The smallest absolute Gasteiger partial charge is 0.188 e. The van der Waals surface area contributed by atoms with Gasteiger partial charge in [0.05, 0.1) is 21.5 Å². The van der Waals surface area contributed by atoms with Gasteiger partial charge in [-0.05, 0) is 18.6 Å². The highest BCUT2D eigenvalue weighted by atomic mass is 35.5. The Kier molecular flexibility index (Phi) is 4.67. The van der Waals surface area contributed by atoms with Crippen molar-refractivity contribution in [2.45, 2.75) is 19.8 Å². The zero-order chi connectivity index (χ0) is 14.7. The summed E-state index contributed by atoms with van der Waals surface area (Å²) >= 11 is 9.23. The van der Waals surface area contributed by atoms with Crippen LogP contribution in [0.2, 0.25) is 5.02 Å². The first-order valence-corrected chi connectivity index (χ1v) is 8.95. The number of nitrogens with one attached hydrogen (secondary N) is 2. The Labute approximate surface area is 137 Å². The molecule has 0 fully saturated rings. The molecule has 4 nitrogen and oxygen atoms in total. The largest absolute Gasteiger partial charge is 0.378 e. The number of pyridine rings is 1. The number of nitrogens with zero attached hydrogens (tertiary/aromatic N) is 2. The average molecular weight is 339 g/mol. The second kappa shape index (κ2) is 6.68. The Morgan fingerprint density at radius 2 is 2.33 bits per heavy atom. The number of anilines is 2. The van der Waals surface area contributed by atoms with Crippen LogP contribution in [0.1, 0.15) is 25.5 Å². The third kappa shape index (κ3) is 3.51. The molecule has 110 valence electrons. The summed E-state index contributed by atoms with van der Waals surface area (Å²) in [5.74, 6) is 1.68. The molecule has 0 unspecified atom stereocenters. The molecule has 0 saturated carbocycles. The highest BCUT2D eigenvalue weighted by molar-refractivity contribution is 8.08. The first kappa shape index (κ1) is 14.7. The maximum absolute atomic E-state index is 5.83. The summed E-state index contributed by atoms with van der Waals surface area (Å²) < 4.78 is 0. The van der Waals surface area contributed by atoms with Crippen LogP contribution in [0, 0.1) is 0 Å². The minimum Gasteiger partial charge on any atom is -0.378 e. The molecule has 0 radical (unpaired) electrons. The van der Waals surface area contributed by atoms with E-state index in [-0.39, 0.29) is 0 Å². The fourth-order valence-electron chi connectivity index (χ4n) is 2.04. The van der Waals surface area contributed by atoms with Gasteiger partial charge < -0.3 is 10.6 Å². The Morgan fingerprint density at radius 1 is 1.43 bits per heavy atom. The molecule has 1 aliphatic rings. The van der Waals surface area contributed by atoms with E-state index in [9.17, 15) is 0 Å². The van der Waals surface area contributed by atoms with Gasteiger partial charge in [-0.15, -0.1) is 23.1 Å². The number of aromatic nitrogens is 2. The molecule has 0 aliphatic carbocycles. The lowest BCUT2D eigenvalue weighted by molar-refractivity contribution is 0.820. The van der Waals surface area contributed by atoms with E-state index >= 15 is 0 Å². The van der Waals surface area contributed by atoms with E-state index in [4.69, 9.17) is 11.6 Å². The van der Waals surface area contributed by atoms with Crippen molar-refractivity contribution in [3.05, 3.63) is 40.1 Å². The lowest BCUT2D eigenvalue weighted by Gasteiger charge is -2.03. The highest BCUT2D eigenvalue weighted by Crippen LogP contribution is 2.37. The first-order chi connectivity index (χ1) is 10.3. The number of hydrogen-bond donors (Lipinski definition) is 2. The number of allylic oxidation sites excluding steroid dienone is 1. The lowest BCUT2D eigenvalue weighted by Crippen LogP contribution is -2.06. The van der Waals surface area contributed by atoms with Crippen molar-refractivity contribution in [2.24, 2.45) is 0 Å². The first-order valence-electron chi connectivity index (χ1n) is 6.70. The van der Waals surface area contributed by atoms with Crippen LogP contribution in [0.15, 0.2) is 29.4 Å². The van der Waals surface area contributed by atoms with E-state index in [1.54, 1.807) is 17.5 Å². The molecule has 2 aromatic heterocycles. The summed E-state index contributed by atoms with van der Waals surface area (Å²) in [6.07, 6.45) is 3.83. The van der Waals surface area contributed by atoms with Crippen molar-refractivity contribution < 1.29 is 0 Å². The zero-order valence-corrected chi connectivity index (χ0v) is 13.9. The van der Waals surface area contributed by atoms with E-state index in [0.717, 1.165) is 35.4 Å². The normalized spacial score (nSPS) is 14.4. The molecule has 3 heterocycles. The Balaban J connectivity index is 1.77. The maximum Gasteiger partial charge on any atom is 0.188 e. The fraction of sp³-hybridized carbons (Fsp3) is 0.286. The number of hydrogen-bond acceptors (Lipinski definition) is 6. The minimum atomic E-state index is 0.628. The van der Waals surface area contributed by atoms with E-state index in [1.807, 2.05) is 23.9 Å². The topological polar surface area (TPSA) is 49.8 Å². The number of rotatable bonds is 5. The van der Waals surface area contributed by atoms with Gasteiger partial charge in [-0.25, -0.2) is 9.97 Å². The molecule has 0 bridgehead atoms. The summed E-state index contributed by atoms with van der Waals surface area (Å²) in [5, 5.41) is 10.2. The third-order valence-corrected chi connectivity index (χ3v) is 4.99. The van der Waals surface area contributed by atoms with Crippen molar-refractivity contribution in [1.82, 2.24) is 15.3 Å². The zero-order valence-electron chi connectivity index (χ0n) is 11.5. The van der Waals surface area contributed by atoms with Crippen LogP contribution in [0.4, 0.5) is 10.9 Å². The standard InChI is InChI=1S/C14H15ClN4S2/c1-2-3-10-13(21-8-17-10)11-7-20-14(18-11)19-12-5-4-9(15)6-16-12/h4-7,17H,2-3,8H2,1H3,(H,16,18,19).